The topological polar surface area (TPSA) is 24.1 Å². The van der Waals surface area contributed by atoms with Crippen LogP contribution in [0.15, 0.2) is 22.7 Å². The number of rotatable bonds is 1. The van der Waals surface area contributed by atoms with Gasteiger partial charge in [-0.05, 0) is 63.7 Å². The fraction of sp³-hybridized carbons (Fsp3) is 0.417. The van der Waals surface area contributed by atoms with Gasteiger partial charge in [0.1, 0.15) is 0 Å². The van der Waals surface area contributed by atoms with E-state index in [1.165, 1.54) is 0 Å². The maximum absolute atomic E-state index is 5.24. The Kier molecular flexibility index (Phi) is 4.33. The normalized spacial score (nSPS) is 11.1. The van der Waals surface area contributed by atoms with E-state index in [2.05, 4.69) is 53.4 Å². The Labute approximate surface area is 111 Å². The fourth-order valence-electron chi connectivity index (χ4n) is 1.26. The van der Waals surface area contributed by atoms with Gasteiger partial charge in [0.25, 0.3) is 0 Å². The van der Waals surface area contributed by atoms with E-state index in [1.54, 1.807) is 0 Å². The highest BCUT2D eigenvalue weighted by molar-refractivity contribution is 9.10. The number of thiocarbonyl (C=S) groups is 1. The van der Waals surface area contributed by atoms with Gasteiger partial charge in [-0.3, -0.25) is 0 Å². The largest absolute Gasteiger partial charge is 0.358 e. The third kappa shape index (κ3) is 4.49. The van der Waals surface area contributed by atoms with E-state index in [0.717, 1.165) is 15.7 Å². The monoisotopic (exact) mass is 300 g/mol. The van der Waals surface area contributed by atoms with Crippen molar-refractivity contribution in [2.75, 3.05) is 5.32 Å². The summed E-state index contributed by atoms with van der Waals surface area (Å²) >= 11 is 8.68. The molecule has 0 fully saturated rings. The van der Waals surface area contributed by atoms with E-state index in [0.29, 0.717) is 5.11 Å². The Morgan fingerprint density at radius 2 is 1.94 bits per heavy atom. The Morgan fingerprint density at radius 1 is 1.31 bits per heavy atom. The molecule has 1 aromatic rings. The van der Waals surface area contributed by atoms with Gasteiger partial charge >= 0.3 is 0 Å². The molecule has 2 N–H and O–H groups in total. The van der Waals surface area contributed by atoms with Crippen LogP contribution in [0.5, 0.6) is 0 Å². The number of anilines is 1. The minimum Gasteiger partial charge on any atom is -0.358 e. The third-order valence-electron chi connectivity index (χ3n) is 1.93. The van der Waals surface area contributed by atoms with E-state index in [4.69, 9.17) is 12.2 Å². The second-order valence-electron chi connectivity index (χ2n) is 4.79. The summed E-state index contributed by atoms with van der Waals surface area (Å²) in [5.41, 5.74) is 2.17. The number of benzene rings is 1. The molecule has 0 amide bonds. The highest BCUT2D eigenvalue weighted by Crippen LogP contribution is 2.20. The van der Waals surface area contributed by atoms with Crippen molar-refractivity contribution in [3.8, 4) is 0 Å². The maximum atomic E-state index is 5.24. The first kappa shape index (κ1) is 13.5. The van der Waals surface area contributed by atoms with E-state index in [9.17, 15) is 0 Å². The SMILES string of the molecule is Cc1cc(Br)ccc1NC(=S)NC(C)(C)C. The molecule has 4 heteroatoms. The van der Waals surface area contributed by atoms with Gasteiger partial charge in [-0.15, -0.1) is 0 Å². The van der Waals surface area contributed by atoms with Gasteiger partial charge in [0.05, 0.1) is 0 Å². The molecule has 0 aliphatic rings. The van der Waals surface area contributed by atoms with Crippen LogP contribution in [-0.2, 0) is 0 Å². The smallest absolute Gasteiger partial charge is 0.171 e. The molecule has 0 bridgehead atoms. The van der Waals surface area contributed by atoms with Gasteiger partial charge in [0.15, 0.2) is 5.11 Å². The van der Waals surface area contributed by atoms with Crippen LogP contribution in [0.3, 0.4) is 0 Å². The quantitative estimate of drug-likeness (QED) is 0.771. The predicted molar refractivity (Wildman–Crippen MR) is 78.0 cm³/mol. The van der Waals surface area contributed by atoms with Gasteiger partial charge in [-0.2, -0.15) is 0 Å². The summed E-state index contributed by atoms with van der Waals surface area (Å²) in [7, 11) is 0. The van der Waals surface area contributed by atoms with Crippen LogP contribution in [0.2, 0.25) is 0 Å². The highest BCUT2D eigenvalue weighted by atomic mass is 79.9. The van der Waals surface area contributed by atoms with Gasteiger partial charge in [0.2, 0.25) is 0 Å². The van der Waals surface area contributed by atoms with Crippen molar-refractivity contribution in [1.82, 2.24) is 5.32 Å². The molecule has 16 heavy (non-hydrogen) atoms. The zero-order valence-electron chi connectivity index (χ0n) is 10.0. The van der Waals surface area contributed by atoms with E-state index in [1.807, 2.05) is 19.1 Å². The van der Waals surface area contributed by atoms with Crippen molar-refractivity contribution in [1.29, 1.82) is 0 Å². The number of hydrogen-bond donors (Lipinski definition) is 2. The lowest BCUT2D eigenvalue weighted by Gasteiger charge is -2.23. The lowest BCUT2D eigenvalue weighted by Crippen LogP contribution is -2.43. The standard InChI is InChI=1S/C12H17BrN2S/c1-8-7-9(13)5-6-10(8)14-11(16)15-12(2,3)4/h5-7H,1-4H3,(H2,14,15,16). The van der Waals surface area contributed by atoms with Crippen molar-refractivity contribution < 1.29 is 0 Å². The van der Waals surface area contributed by atoms with Crippen molar-refractivity contribution in [3.63, 3.8) is 0 Å². The second kappa shape index (κ2) is 5.15. The van der Waals surface area contributed by atoms with Crippen LogP contribution in [0.1, 0.15) is 26.3 Å². The van der Waals surface area contributed by atoms with Crippen molar-refractivity contribution in [2.24, 2.45) is 0 Å². The fourth-order valence-corrected chi connectivity index (χ4v) is 2.15. The Morgan fingerprint density at radius 3 is 2.44 bits per heavy atom. The number of nitrogens with one attached hydrogen (secondary N) is 2. The van der Waals surface area contributed by atoms with Crippen LogP contribution in [0.25, 0.3) is 0 Å². The summed E-state index contributed by atoms with van der Waals surface area (Å²) in [6.45, 7) is 8.28. The Bertz CT molecular complexity index is 396. The summed E-state index contributed by atoms with van der Waals surface area (Å²) in [4.78, 5) is 0. The first-order chi connectivity index (χ1) is 7.28. The van der Waals surface area contributed by atoms with Crippen LogP contribution in [0.4, 0.5) is 5.69 Å². The molecule has 0 aliphatic heterocycles. The lowest BCUT2D eigenvalue weighted by molar-refractivity contribution is 0.515. The lowest BCUT2D eigenvalue weighted by atomic mass is 10.1. The van der Waals surface area contributed by atoms with Crippen molar-refractivity contribution in [3.05, 3.63) is 28.2 Å². The van der Waals surface area contributed by atoms with Gasteiger partial charge in [-0.25, -0.2) is 0 Å². The molecule has 0 saturated carbocycles. The Hall–Kier alpha value is -0.610. The van der Waals surface area contributed by atoms with Crippen LogP contribution in [-0.4, -0.2) is 10.7 Å². The van der Waals surface area contributed by atoms with Gasteiger partial charge < -0.3 is 10.6 Å². The molecule has 0 radical (unpaired) electrons. The molecule has 0 unspecified atom stereocenters. The van der Waals surface area contributed by atoms with Crippen LogP contribution >= 0.6 is 28.1 Å². The summed E-state index contributed by atoms with van der Waals surface area (Å²) < 4.78 is 1.07. The van der Waals surface area contributed by atoms with E-state index in [-0.39, 0.29) is 5.54 Å². The zero-order valence-corrected chi connectivity index (χ0v) is 12.4. The van der Waals surface area contributed by atoms with Gasteiger partial charge in [0, 0.05) is 15.7 Å². The average molecular weight is 301 g/mol. The summed E-state index contributed by atoms with van der Waals surface area (Å²) in [6, 6.07) is 6.06. The average Bonchev–Trinajstić information content (AvgIpc) is 2.06. The maximum Gasteiger partial charge on any atom is 0.171 e. The van der Waals surface area contributed by atoms with Crippen molar-refractivity contribution in [2.45, 2.75) is 33.2 Å². The molecule has 0 aliphatic carbocycles. The molecule has 1 aromatic carbocycles. The van der Waals surface area contributed by atoms with E-state index < -0.39 is 0 Å². The number of halogens is 1. The molecule has 0 aromatic heterocycles. The highest BCUT2D eigenvalue weighted by Gasteiger charge is 2.11. The van der Waals surface area contributed by atoms with Crippen LogP contribution < -0.4 is 10.6 Å². The Balaban J connectivity index is 2.70. The number of hydrogen-bond acceptors (Lipinski definition) is 1. The van der Waals surface area contributed by atoms with E-state index >= 15 is 0 Å². The molecule has 1 rings (SSSR count). The molecular weight excluding hydrogens is 284 g/mol. The molecule has 0 atom stereocenters. The summed E-state index contributed by atoms with van der Waals surface area (Å²) in [6.07, 6.45) is 0. The first-order valence-corrected chi connectivity index (χ1v) is 6.33. The molecular formula is C12H17BrN2S. The van der Waals surface area contributed by atoms with Gasteiger partial charge in [-0.1, -0.05) is 15.9 Å². The zero-order chi connectivity index (χ0) is 12.3. The molecule has 0 spiro atoms. The molecule has 88 valence electrons. The number of aryl methyl sites for hydroxylation is 1. The van der Waals surface area contributed by atoms with Crippen molar-refractivity contribution >= 4 is 38.9 Å². The molecule has 0 saturated heterocycles. The second-order valence-corrected chi connectivity index (χ2v) is 6.11. The third-order valence-corrected chi connectivity index (χ3v) is 2.62. The van der Waals surface area contributed by atoms with Crippen LogP contribution in [0, 0.1) is 6.92 Å². The minimum atomic E-state index is -0.0205. The predicted octanol–water partition coefficient (Wildman–Crippen LogP) is 3.84. The molecule has 2 nitrogen and oxygen atoms in total. The summed E-state index contributed by atoms with van der Waals surface area (Å²) in [5.74, 6) is 0. The summed E-state index contributed by atoms with van der Waals surface area (Å²) in [5, 5.41) is 7.06. The minimum absolute atomic E-state index is 0.0205. The first-order valence-electron chi connectivity index (χ1n) is 5.13. The molecule has 0 heterocycles.